The maximum absolute atomic E-state index is 11.8. The maximum Gasteiger partial charge on any atom is 0.341 e. The molecule has 0 amide bonds. The maximum atomic E-state index is 11.8. The van der Waals surface area contributed by atoms with Gasteiger partial charge in [0.2, 0.25) is 0 Å². The molecule has 2 N–H and O–H groups in total. The molecule has 28 heavy (non-hydrogen) atoms. The third-order valence-corrected chi connectivity index (χ3v) is 5.32. The van der Waals surface area contributed by atoms with Crippen molar-refractivity contribution in [3.8, 4) is 5.75 Å². The van der Waals surface area contributed by atoms with Gasteiger partial charge < -0.3 is 24.8 Å². The SMILES string of the molecule is CCNC(=NCc1ccc(C(=O)OC)c(OC)c1)NCC1(CCOC)CCC1. The first kappa shape index (κ1) is 22.0. The molecule has 0 spiro atoms. The van der Waals surface area contributed by atoms with E-state index in [4.69, 9.17) is 14.2 Å². The van der Waals surface area contributed by atoms with Crippen LogP contribution in [0.4, 0.5) is 0 Å². The number of benzene rings is 1. The van der Waals surface area contributed by atoms with E-state index >= 15 is 0 Å². The fourth-order valence-electron chi connectivity index (χ4n) is 3.41. The van der Waals surface area contributed by atoms with Gasteiger partial charge in [0.15, 0.2) is 5.96 Å². The van der Waals surface area contributed by atoms with Gasteiger partial charge in [-0.3, -0.25) is 0 Å². The van der Waals surface area contributed by atoms with Crippen LogP contribution in [0.15, 0.2) is 23.2 Å². The average Bonchev–Trinajstić information content (AvgIpc) is 2.69. The summed E-state index contributed by atoms with van der Waals surface area (Å²) in [5, 5.41) is 6.79. The zero-order valence-electron chi connectivity index (χ0n) is 17.5. The van der Waals surface area contributed by atoms with Gasteiger partial charge in [-0.25, -0.2) is 9.79 Å². The molecule has 2 rings (SSSR count). The lowest BCUT2D eigenvalue weighted by molar-refractivity contribution is 0.0597. The van der Waals surface area contributed by atoms with Gasteiger partial charge in [0.05, 0.1) is 20.8 Å². The highest BCUT2D eigenvalue weighted by Gasteiger charge is 2.36. The van der Waals surface area contributed by atoms with E-state index < -0.39 is 5.97 Å². The van der Waals surface area contributed by atoms with Crippen molar-refractivity contribution in [2.24, 2.45) is 10.4 Å². The molecule has 1 aliphatic rings. The summed E-state index contributed by atoms with van der Waals surface area (Å²) in [6.07, 6.45) is 4.82. The Kier molecular flexibility index (Phi) is 8.57. The molecule has 7 heteroatoms. The molecule has 0 heterocycles. The Hall–Kier alpha value is -2.28. The Morgan fingerprint density at radius 1 is 1.21 bits per heavy atom. The summed E-state index contributed by atoms with van der Waals surface area (Å²) in [6.45, 7) is 5.02. The zero-order chi connectivity index (χ0) is 20.4. The Labute approximate surface area is 167 Å². The van der Waals surface area contributed by atoms with Crippen LogP contribution < -0.4 is 15.4 Å². The number of aliphatic imine (C=N–C) groups is 1. The van der Waals surface area contributed by atoms with Crippen LogP contribution in [0.25, 0.3) is 0 Å². The fourth-order valence-corrected chi connectivity index (χ4v) is 3.41. The normalized spacial score (nSPS) is 15.5. The molecule has 0 atom stereocenters. The molecule has 1 aromatic rings. The van der Waals surface area contributed by atoms with E-state index in [0.717, 1.165) is 37.6 Å². The lowest BCUT2D eigenvalue weighted by Crippen LogP contribution is -2.46. The van der Waals surface area contributed by atoms with E-state index in [0.29, 0.717) is 23.3 Å². The highest BCUT2D eigenvalue weighted by Crippen LogP contribution is 2.43. The second-order valence-electron chi connectivity index (χ2n) is 7.17. The van der Waals surface area contributed by atoms with Gasteiger partial charge in [-0.2, -0.15) is 0 Å². The third-order valence-electron chi connectivity index (χ3n) is 5.32. The third kappa shape index (κ3) is 5.86. The standard InChI is InChI=1S/C21H33N3O4/c1-5-22-20(24-15-21(9-6-10-21)11-12-26-2)23-14-16-7-8-17(19(25)28-4)18(13-16)27-3/h7-8,13H,5-6,9-12,14-15H2,1-4H3,(H2,22,23,24). The Balaban J connectivity index is 2.02. The van der Waals surface area contributed by atoms with Gasteiger partial charge in [0.25, 0.3) is 0 Å². The van der Waals surface area contributed by atoms with Crippen LogP contribution in [-0.4, -0.2) is 53.0 Å². The number of carbonyl (C=O) groups excluding carboxylic acids is 1. The van der Waals surface area contributed by atoms with E-state index in [-0.39, 0.29) is 0 Å². The zero-order valence-corrected chi connectivity index (χ0v) is 17.5. The number of esters is 1. The molecule has 7 nitrogen and oxygen atoms in total. The van der Waals surface area contributed by atoms with Crippen molar-refractivity contribution in [3.63, 3.8) is 0 Å². The Bertz CT molecular complexity index is 672. The molecule has 1 fully saturated rings. The predicted molar refractivity (Wildman–Crippen MR) is 110 cm³/mol. The van der Waals surface area contributed by atoms with Gasteiger partial charge in [-0.05, 0) is 49.3 Å². The molecule has 0 aromatic heterocycles. The smallest absolute Gasteiger partial charge is 0.341 e. The molecule has 0 bridgehead atoms. The lowest BCUT2D eigenvalue weighted by atomic mass is 9.67. The number of hydrogen-bond donors (Lipinski definition) is 2. The van der Waals surface area contributed by atoms with Crippen LogP contribution in [-0.2, 0) is 16.0 Å². The Morgan fingerprint density at radius 3 is 2.57 bits per heavy atom. The first-order valence-electron chi connectivity index (χ1n) is 9.84. The molecule has 1 aliphatic carbocycles. The molecule has 156 valence electrons. The van der Waals surface area contributed by atoms with Crippen molar-refractivity contribution in [3.05, 3.63) is 29.3 Å². The van der Waals surface area contributed by atoms with E-state index in [2.05, 4.69) is 22.5 Å². The quantitative estimate of drug-likeness (QED) is 0.363. The molecule has 1 aromatic carbocycles. The number of nitrogens with zero attached hydrogens (tertiary/aromatic N) is 1. The number of methoxy groups -OCH3 is 3. The van der Waals surface area contributed by atoms with Crippen LogP contribution in [0.3, 0.4) is 0 Å². The molecule has 0 radical (unpaired) electrons. The van der Waals surface area contributed by atoms with Crippen LogP contribution in [0, 0.1) is 5.41 Å². The van der Waals surface area contributed by atoms with Crippen LogP contribution in [0.1, 0.15) is 48.5 Å². The first-order valence-corrected chi connectivity index (χ1v) is 9.84. The summed E-state index contributed by atoms with van der Waals surface area (Å²) in [5.74, 6) is 0.872. The van der Waals surface area contributed by atoms with E-state index in [1.165, 1.54) is 26.4 Å². The minimum Gasteiger partial charge on any atom is -0.496 e. The molecule has 0 aliphatic heterocycles. The highest BCUT2D eigenvalue weighted by molar-refractivity contribution is 5.92. The monoisotopic (exact) mass is 391 g/mol. The molecule has 1 saturated carbocycles. The minimum absolute atomic E-state index is 0.317. The van der Waals surface area contributed by atoms with Crippen LogP contribution in [0.5, 0.6) is 5.75 Å². The Morgan fingerprint density at radius 2 is 2.00 bits per heavy atom. The van der Waals surface area contributed by atoms with Gasteiger partial charge in [0, 0.05) is 26.8 Å². The molecule has 0 unspecified atom stereocenters. The summed E-state index contributed by atoms with van der Waals surface area (Å²) < 4.78 is 15.4. The second-order valence-corrected chi connectivity index (χ2v) is 7.17. The fraction of sp³-hybridized carbons (Fsp3) is 0.619. The number of ether oxygens (including phenoxy) is 3. The van der Waals surface area contributed by atoms with Crippen molar-refractivity contribution >= 4 is 11.9 Å². The van der Waals surface area contributed by atoms with Gasteiger partial charge >= 0.3 is 5.97 Å². The van der Waals surface area contributed by atoms with Crippen molar-refractivity contribution in [1.82, 2.24) is 10.6 Å². The van der Waals surface area contributed by atoms with Crippen molar-refractivity contribution in [1.29, 1.82) is 0 Å². The van der Waals surface area contributed by atoms with E-state index in [9.17, 15) is 4.79 Å². The number of nitrogens with one attached hydrogen (secondary N) is 2. The first-order chi connectivity index (χ1) is 13.6. The van der Waals surface area contributed by atoms with Crippen molar-refractivity contribution in [2.75, 3.05) is 41.0 Å². The summed E-state index contributed by atoms with van der Waals surface area (Å²) in [5.41, 5.74) is 1.68. The lowest BCUT2D eigenvalue weighted by Gasteiger charge is -2.42. The van der Waals surface area contributed by atoms with Gasteiger partial charge in [-0.15, -0.1) is 0 Å². The topological polar surface area (TPSA) is 81.2 Å². The van der Waals surface area contributed by atoms with E-state index in [1.54, 1.807) is 20.3 Å². The number of carbonyl (C=O) groups is 1. The summed E-state index contributed by atoms with van der Waals surface area (Å²) in [6, 6.07) is 5.41. The number of hydrogen-bond acceptors (Lipinski definition) is 5. The van der Waals surface area contributed by atoms with Gasteiger partial charge in [-0.1, -0.05) is 12.5 Å². The number of rotatable bonds is 10. The summed E-state index contributed by atoms with van der Waals surface area (Å²) in [7, 11) is 4.65. The molecule has 0 saturated heterocycles. The minimum atomic E-state index is -0.413. The second kappa shape index (κ2) is 10.9. The summed E-state index contributed by atoms with van der Waals surface area (Å²) in [4.78, 5) is 16.5. The molecular weight excluding hydrogens is 358 g/mol. The number of guanidine groups is 1. The van der Waals surface area contributed by atoms with E-state index in [1.807, 2.05) is 12.1 Å². The van der Waals surface area contributed by atoms with Gasteiger partial charge in [0.1, 0.15) is 11.3 Å². The molecular formula is C21H33N3O4. The largest absolute Gasteiger partial charge is 0.496 e. The summed E-state index contributed by atoms with van der Waals surface area (Å²) >= 11 is 0. The van der Waals surface area contributed by atoms with Crippen molar-refractivity contribution in [2.45, 2.75) is 39.2 Å². The predicted octanol–water partition coefficient (Wildman–Crippen LogP) is 2.74. The van der Waals surface area contributed by atoms with Crippen LogP contribution >= 0.6 is 0 Å². The highest BCUT2D eigenvalue weighted by atomic mass is 16.5. The average molecular weight is 392 g/mol. The van der Waals surface area contributed by atoms with Crippen LogP contribution in [0.2, 0.25) is 0 Å². The van der Waals surface area contributed by atoms with Crippen molar-refractivity contribution < 1.29 is 19.0 Å².